The zero-order valence-corrected chi connectivity index (χ0v) is 20.6. The molecule has 2 atom stereocenters. The molecule has 5 rings (SSSR count). The van der Waals surface area contributed by atoms with Crippen LogP contribution in [0.25, 0.3) is 0 Å². The summed E-state index contributed by atoms with van der Waals surface area (Å²) < 4.78 is 0. The Morgan fingerprint density at radius 3 is 2.63 bits per heavy atom. The fourth-order valence-corrected chi connectivity index (χ4v) is 5.78. The molecule has 1 saturated heterocycles. The molecule has 3 aromatic rings. The quantitative estimate of drug-likeness (QED) is 0.380. The Morgan fingerprint density at radius 1 is 1.09 bits per heavy atom. The second kappa shape index (κ2) is 9.44. The Kier molecular flexibility index (Phi) is 6.34. The number of fused-ring (bicyclic) bond motifs is 1. The van der Waals surface area contributed by atoms with Gasteiger partial charge in [0.25, 0.3) is 0 Å². The first-order valence-corrected chi connectivity index (χ1v) is 12.4. The van der Waals surface area contributed by atoms with Crippen molar-refractivity contribution >= 4 is 52.2 Å². The lowest BCUT2D eigenvalue weighted by atomic mass is 9.65. The lowest BCUT2D eigenvalue weighted by Crippen LogP contribution is -2.52. The molecule has 1 fully saturated rings. The maximum absolute atomic E-state index is 13.7. The highest BCUT2D eigenvalue weighted by molar-refractivity contribution is 6.31. The fraction of sp³-hybridized carbons (Fsp3) is 0.259. The number of likely N-dealkylation sites (tertiary alicyclic amines) is 1. The van der Waals surface area contributed by atoms with Gasteiger partial charge in [0.15, 0.2) is 0 Å². The maximum Gasteiger partial charge on any atom is 0.321 e. The molecule has 0 aliphatic carbocycles. The van der Waals surface area contributed by atoms with E-state index < -0.39 is 5.41 Å². The first kappa shape index (κ1) is 23.5. The van der Waals surface area contributed by atoms with Crippen molar-refractivity contribution in [3.8, 4) is 0 Å². The predicted molar refractivity (Wildman–Crippen MR) is 141 cm³/mol. The molecule has 0 radical (unpaired) electrons. The molecule has 3 aromatic carbocycles. The summed E-state index contributed by atoms with van der Waals surface area (Å²) in [6.45, 7) is 1.08. The number of nitrogens with zero attached hydrogens (tertiary/aromatic N) is 1. The number of piperidine rings is 1. The number of nitrogens with one attached hydrogen (secondary N) is 2. The van der Waals surface area contributed by atoms with Gasteiger partial charge in [-0.2, -0.15) is 0 Å². The first-order chi connectivity index (χ1) is 16.8. The minimum atomic E-state index is -0.843. The molecule has 35 heavy (non-hydrogen) atoms. The molecule has 0 saturated carbocycles. The van der Waals surface area contributed by atoms with Gasteiger partial charge in [0, 0.05) is 40.2 Å². The SMILES string of the molecule is Nc1ccc(NC(=O)N2CCCC(C3(Cc4cccc(Cl)c4)C(=O)Nc4cc(Cl)ccc43)C2)cc1. The number of anilines is 3. The summed E-state index contributed by atoms with van der Waals surface area (Å²) in [7, 11) is 0. The third kappa shape index (κ3) is 4.56. The van der Waals surface area contributed by atoms with E-state index in [2.05, 4.69) is 10.6 Å². The first-order valence-electron chi connectivity index (χ1n) is 11.6. The van der Waals surface area contributed by atoms with Crippen LogP contribution in [0.15, 0.2) is 66.7 Å². The highest BCUT2D eigenvalue weighted by Crippen LogP contribution is 2.49. The van der Waals surface area contributed by atoms with Gasteiger partial charge in [-0.25, -0.2) is 4.79 Å². The van der Waals surface area contributed by atoms with Gasteiger partial charge in [0.2, 0.25) is 5.91 Å². The Bertz CT molecular complexity index is 1280. The number of halogens is 2. The van der Waals surface area contributed by atoms with E-state index in [-0.39, 0.29) is 17.9 Å². The van der Waals surface area contributed by atoms with Gasteiger partial charge in [-0.1, -0.05) is 41.4 Å². The number of nitrogen functional groups attached to an aromatic ring is 1. The van der Waals surface area contributed by atoms with E-state index in [9.17, 15) is 9.59 Å². The number of hydrogen-bond acceptors (Lipinski definition) is 3. The summed E-state index contributed by atoms with van der Waals surface area (Å²) in [6, 6.07) is 20.0. The van der Waals surface area contributed by atoms with E-state index in [1.807, 2.05) is 36.4 Å². The molecular weight excluding hydrogens is 483 g/mol. The van der Waals surface area contributed by atoms with Crippen molar-refractivity contribution in [2.24, 2.45) is 5.92 Å². The van der Waals surface area contributed by atoms with Crippen LogP contribution in [0.4, 0.5) is 21.9 Å². The normalized spacial score (nSPS) is 21.4. The van der Waals surface area contributed by atoms with E-state index in [1.54, 1.807) is 35.2 Å². The number of rotatable bonds is 4. The van der Waals surface area contributed by atoms with Gasteiger partial charge in [0.1, 0.15) is 0 Å². The molecule has 3 amide bonds. The van der Waals surface area contributed by atoms with E-state index in [4.69, 9.17) is 28.9 Å². The molecule has 2 aliphatic rings. The molecule has 0 spiro atoms. The molecule has 0 bridgehead atoms. The smallest absolute Gasteiger partial charge is 0.321 e. The number of benzene rings is 3. The Labute approximate surface area is 214 Å². The number of carbonyl (C=O) groups is 2. The number of carbonyl (C=O) groups excluding carboxylic acids is 2. The van der Waals surface area contributed by atoms with Gasteiger partial charge in [-0.15, -0.1) is 0 Å². The van der Waals surface area contributed by atoms with Crippen LogP contribution in [0.3, 0.4) is 0 Å². The van der Waals surface area contributed by atoms with Crippen molar-refractivity contribution in [3.63, 3.8) is 0 Å². The molecule has 180 valence electrons. The van der Waals surface area contributed by atoms with Crippen LogP contribution < -0.4 is 16.4 Å². The van der Waals surface area contributed by atoms with Gasteiger partial charge in [0.05, 0.1) is 5.41 Å². The number of nitrogens with two attached hydrogens (primary N) is 1. The van der Waals surface area contributed by atoms with Crippen molar-refractivity contribution < 1.29 is 9.59 Å². The highest BCUT2D eigenvalue weighted by Gasteiger charge is 2.53. The topological polar surface area (TPSA) is 87.5 Å². The second-order valence-electron chi connectivity index (χ2n) is 9.26. The summed E-state index contributed by atoms with van der Waals surface area (Å²) in [5, 5.41) is 7.21. The molecule has 8 heteroatoms. The molecular formula is C27H26Cl2N4O2. The molecule has 0 aromatic heterocycles. The monoisotopic (exact) mass is 508 g/mol. The second-order valence-corrected chi connectivity index (χ2v) is 10.1. The lowest BCUT2D eigenvalue weighted by Gasteiger charge is -2.42. The molecule has 4 N–H and O–H groups in total. The highest BCUT2D eigenvalue weighted by atomic mass is 35.5. The van der Waals surface area contributed by atoms with Gasteiger partial charge >= 0.3 is 6.03 Å². The summed E-state index contributed by atoms with van der Waals surface area (Å²) in [4.78, 5) is 28.7. The number of urea groups is 1. The van der Waals surface area contributed by atoms with Gasteiger partial charge in [-0.3, -0.25) is 4.79 Å². The standard InChI is InChI=1S/C27H26Cl2N4O2/c28-19-5-1-3-17(13-19)15-27(23-11-6-20(29)14-24(23)32-25(27)34)18-4-2-12-33(16-18)26(35)31-22-9-7-21(30)8-10-22/h1,3,5-11,13-14,18H,2,4,12,15-16,30H2,(H,31,35)(H,32,34). The third-order valence-corrected chi connectivity index (χ3v) is 7.53. The van der Waals surface area contributed by atoms with Crippen molar-refractivity contribution in [1.29, 1.82) is 0 Å². The van der Waals surface area contributed by atoms with Crippen LogP contribution in [0.2, 0.25) is 10.0 Å². The van der Waals surface area contributed by atoms with E-state index >= 15 is 0 Å². The minimum Gasteiger partial charge on any atom is -0.399 e. The maximum atomic E-state index is 13.7. The van der Waals surface area contributed by atoms with Crippen molar-refractivity contribution in [2.45, 2.75) is 24.7 Å². The van der Waals surface area contributed by atoms with Crippen LogP contribution in [-0.4, -0.2) is 29.9 Å². The van der Waals surface area contributed by atoms with E-state index in [0.29, 0.717) is 40.9 Å². The Hall–Kier alpha value is -3.22. The third-order valence-electron chi connectivity index (χ3n) is 7.06. The van der Waals surface area contributed by atoms with Crippen LogP contribution >= 0.6 is 23.2 Å². The summed E-state index contributed by atoms with van der Waals surface area (Å²) in [6.07, 6.45) is 2.10. The average Bonchev–Trinajstić information content (AvgIpc) is 3.11. The molecule has 6 nitrogen and oxygen atoms in total. The van der Waals surface area contributed by atoms with Crippen LogP contribution in [0.5, 0.6) is 0 Å². The fourth-order valence-electron chi connectivity index (χ4n) is 5.39. The van der Waals surface area contributed by atoms with Crippen LogP contribution in [-0.2, 0) is 16.6 Å². The zero-order valence-electron chi connectivity index (χ0n) is 19.1. The molecule has 2 heterocycles. The van der Waals surface area contributed by atoms with E-state index in [0.717, 1.165) is 29.7 Å². The van der Waals surface area contributed by atoms with Crippen molar-refractivity contribution in [1.82, 2.24) is 4.90 Å². The van der Waals surface area contributed by atoms with Gasteiger partial charge < -0.3 is 21.3 Å². The summed E-state index contributed by atoms with van der Waals surface area (Å²) >= 11 is 12.5. The number of amides is 3. The van der Waals surface area contributed by atoms with Crippen LogP contribution in [0, 0.1) is 5.92 Å². The van der Waals surface area contributed by atoms with Crippen molar-refractivity contribution in [3.05, 3.63) is 87.9 Å². The van der Waals surface area contributed by atoms with Crippen molar-refractivity contribution in [2.75, 3.05) is 29.5 Å². The van der Waals surface area contributed by atoms with Crippen LogP contribution in [0.1, 0.15) is 24.0 Å². The minimum absolute atomic E-state index is 0.0689. The molecule has 2 unspecified atom stereocenters. The van der Waals surface area contributed by atoms with E-state index in [1.165, 1.54) is 0 Å². The largest absolute Gasteiger partial charge is 0.399 e. The summed E-state index contributed by atoms with van der Waals surface area (Å²) in [5.41, 5.74) is 8.85. The zero-order chi connectivity index (χ0) is 24.6. The van der Waals surface area contributed by atoms with Gasteiger partial charge in [-0.05, 0) is 84.8 Å². The lowest BCUT2D eigenvalue weighted by molar-refractivity contribution is -0.123. The average molecular weight is 509 g/mol. The molecule has 2 aliphatic heterocycles. The predicted octanol–water partition coefficient (Wildman–Crippen LogP) is 5.95. The Balaban J connectivity index is 1.48. The number of hydrogen-bond donors (Lipinski definition) is 3. The Morgan fingerprint density at radius 2 is 1.86 bits per heavy atom. The summed E-state index contributed by atoms with van der Waals surface area (Å²) in [5.74, 6) is -0.157.